The van der Waals surface area contributed by atoms with Crippen molar-refractivity contribution in [1.82, 2.24) is 15.3 Å². The number of carbonyl (C=O) groups is 2. The van der Waals surface area contributed by atoms with Crippen LogP contribution in [0, 0.1) is 6.92 Å². The normalized spacial score (nSPS) is 13.7. The molecule has 3 heterocycles. The molecule has 5 rings (SSSR count). The molecule has 1 aliphatic rings. The zero-order valence-electron chi connectivity index (χ0n) is 19.2. The molecule has 10 nitrogen and oxygen atoms in total. The summed E-state index contributed by atoms with van der Waals surface area (Å²) in [6.45, 7) is 2.84. The number of hydrogen-bond donors (Lipinski definition) is 2. The van der Waals surface area contributed by atoms with Crippen LogP contribution in [0.15, 0.2) is 59.1 Å². The van der Waals surface area contributed by atoms with E-state index in [1.807, 2.05) is 24.3 Å². The van der Waals surface area contributed by atoms with Crippen LogP contribution in [0.2, 0.25) is 0 Å². The van der Waals surface area contributed by atoms with Crippen molar-refractivity contribution in [2.45, 2.75) is 6.92 Å². The molecule has 0 radical (unpaired) electrons. The molecular formula is C25H23N5O5. The zero-order valence-corrected chi connectivity index (χ0v) is 19.2. The highest BCUT2D eigenvalue weighted by Gasteiger charge is 2.20. The number of morpholine rings is 1. The molecule has 0 spiro atoms. The number of furan rings is 1. The van der Waals surface area contributed by atoms with Gasteiger partial charge in [-0.15, -0.1) is 0 Å². The lowest BCUT2D eigenvalue weighted by molar-refractivity contribution is -0.125. The molecule has 0 unspecified atom stereocenters. The molecule has 0 atom stereocenters. The zero-order chi connectivity index (χ0) is 24.4. The maximum atomic E-state index is 12.1. The Morgan fingerprint density at radius 3 is 2.89 bits per heavy atom. The first-order valence-corrected chi connectivity index (χ1v) is 11.0. The van der Waals surface area contributed by atoms with Crippen LogP contribution in [0.1, 0.15) is 16.1 Å². The summed E-state index contributed by atoms with van der Waals surface area (Å²) in [7, 11) is 1.58. The number of anilines is 3. The largest absolute Gasteiger partial charge is 0.460 e. The van der Waals surface area contributed by atoms with Gasteiger partial charge < -0.3 is 29.4 Å². The lowest BCUT2D eigenvalue weighted by Crippen LogP contribution is -2.41. The van der Waals surface area contributed by atoms with Gasteiger partial charge >= 0.3 is 0 Å². The number of carbonyl (C=O) groups excluding carboxylic acids is 2. The number of nitrogens with zero attached hydrogens (tertiary/aromatic N) is 3. The Morgan fingerprint density at radius 2 is 2.06 bits per heavy atom. The summed E-state index contributed by atoms with van der Waals surface area (Å²) in [5.41, 5.74) is 2.55. The topological polar surface area (TPSA) is 119 Å². The second kappa shape index (κ2) is 9.43. The fourth-order valence-corrected chi connectivity index (χ4v) is 3.92. The summed E-state index contributed by atoms with van der Waals surface area (Å²) in [5, 5.41) is 6.48. The molecule has 0 aliphatic carbocycles. The van der Waals surface area contributed by atoms with E-state index in [4.69, 9.17) is 13.9 Å². The van der Waals surface area contributed by atoms with Crippen LogP contribution in [-0.2, 0) is 9.53 Å². The molecule has 1 saturated heterocycles. The first kappa shape index (κ1) is 22.4. The molecular weight excluding hydrogens is 450 g/mol. The smallest absolute Gasteiger partial charge is 0.255 e. The average molecular weight is 473 g/mol. The van der Waals surface area contributed by atoms with Crippen molar-refractivity contribution in [3.63, 3.8) is 0 Å². The third-order valence-electron chi connectivity index (χ3n) is 5.54. The standard InChI is InChI=1S/C25H23N5O5/c1-15-23(24(32)26-2)19-7-6-18(13-20(19)34-15)35-21-8-9-27-25(29-21)28-16-4-3-5-17(12-16)30-10-11-33-14-22(30)31/h3-9,12-13H,10-11,14H2,1-2H3,(H,26,32)(H,27,28,29). The van der Waals surface area contributed by atoms with Crippen molar-refractivity contribution < 1.29 is 23.5 Å². The van der Waals surface area contributed by atoms with Crippen LogP contribution in [0.25, 0.3) is 11.0 Å². The highest BCUT2D eigenvalue weighted by Crippen LogP contribution is 2.31. The highest BCUT2D eigenvalue weighted by atomic mass is 16.5. The van der Waals surface area contributed by atoms with E-state index in [2.05, 4.69) is 20.6 Å². The Morgan fingerprint density at radius 1 is 1.17 bits per heavy atom. The number of hydrogen-bond acceptors (Lipinski definition) is 8. The van der Waals surface area contributed by atoms with Crippen molar-refractivity contribution in [3.05, 3.63) is 66.1 Å². The lowest BCUT2D eigenvalue weighted by atomic mass is 10.1. The van der Waals surface area contributed by atoms with Gasteiger partial charge in [0.15, 0.2) is 0 Å². The van der Waals surface area contributed by atoms with Crippen molar-refractivity contribution >= 4 is 40.1 Å². The summed E-state index contributed by atoms with van der Waals surface area (Å²) < 4.78 is 16.9. The Bertz CT molecular complexity index is 1420. The van der Waals surface area contributed by atoms with Crippen molar-refractivity contribution in [2.75, 3.05) is 37.0 Å². The van der Waals surface area contributed by atoms with Gasteiger partial charge in [-0.1, -0.05) is 6.07 Å². The lowest BCUT2D eigenvalue weighted by Gasteiger charge is -2.27. The predicted octanol–water partition coefficient (Wildman–Crippen LogP) is 3.79. The number of fused-ring (bicyclic) bond motifs is 1. The van der Waals surface area contributed by atoms with Gasteiger partial charge in [-0.05, 0) is 37.3 Å². The van der Waals surface area contributed by atoms with E-state index >= 15 is 0 Å². The monoisotopic (exact) mass is 473 g/mol. The summed E-state index contributed by atoms with van der Waals surface area (Å²) >= 11 is 0. The van der Waals surface area contributed by atoms with Gasteiger partial charge in [0, 0.05) is 48.7 Å². The Labute approximate surface area is 200 Å². The van der Waals surface area contributed by atoms with Gasteiger partial charge in [-0.25, -0.2) is 4.98 Å². The molecule has 178 valence electrons. The molecule has 1 fully saturated rings. The molecule has 4 aromatic rings. The number of nitrogens with one attached hydrogen (secondary N) is 2. The van der Waals surface area contributed by atoms with Crippen molar-refractivity contribution in [2.24, 2.45) is 0 Å². The number of aryl methyl sites for hydroxylation is 1. The summed E-state index contributed by atoms with van der Waals surface area (Å²) in [6, 6.07) is 14.3. The molecule has 10 heteroatoms. The number of rotatable bonds is 6. The van der Waals surface area contributed by atoms with Crippen LogP contribution in [0.4, 0.5) is 17.3 Å². The molecule has 35 heavy (non-hydrogen) atoms. The summed E-state index contributed by atoms with van der Waals surface area (Å²) in [5.74, 6) is 1.42. The third-order valence-corrected chi connectivity index (χ3v) is 5.54. The average Bonchev–Trinajstić information content (AvgIpc) is 3.19. The second-order valence-electron chi connectivity index (χ2n) is 7.86. The van der Waals surface area contributed by atoms with Gasteiger partial charge in [-0.3, -0.25) is 9.59 Å². The van der Waals surface area contributed by atoms with Gasteiger partial charge in [0.25, 0.3) is 11.8 Å². The van der Waals surface area contributed by atoms with E-state index in [1.54, 1.807) is 49.3 Å². The van der Waals surface area contributed by atoms with Gasteiger partial charge in [0.1, 0.15) is 23.7 Å². The van der Waals surface area contributed by atoms with Gasteiger partial charge in [0.2, 0.25) is 11.8 Å². The Kier molecular flexibility index (Phi) is 6.02. The molecule has 0 saturated carbocycles. The van der Waals surface area contributed by atoms with Gasteiger partial charge in [0.05, 0.1) is 12.2 Å². The SMILES string of the molecule is CNC(=O)c1c(C)oc2cc(Oc3ccnc(Nc4cccc(N5CCOCC5=O)c4)n3)ccc12. The van der Waals surface area contributed by atoms with Crippen molar-refractivity contribution in [3.8, 4) is 11.6 Å². The third kappa shape index (κ3) is 4.64. The second-order valence-corrected chi connectivity index (χ2v) is 7.86. The molecule has 2 N–H and O–H groups in total. The fourth-order valence-electron chi connectivity index (χ4n) is 3.92. The summed E-state index contributed by atoms with van der Waals surface area (Å²) in [6.07, 6.45) is 1.58. The van der Waals surface area contributed by atoms with Crippen LogP contribution < -0.4 is 20.3 Å². The summed E-state index contributed by atoms with van der Waals surface area (Å²) in [4.78, 5) is 34.7. The Hall–Kier alpha value is -4.44. The van der Waals surface area contributed by atoms with Crippen LogP contribution in [0.5, 0.6) is 11.6 Å². The number of ether oxygens (including phenoxy) is 2. The first-order chi connectivity index (χ1) is 17.0. The predicted molar refractivity (Wildman–Crippen MR) is 129 cm³/mol. The van der Waals surface area contributed by atoms with E-state index < -0.39 is 0 Å². The van der Waals surface area contributed by atoms with Crippen LogP contribution >= 0.6 is 0 Å². The fraction of sp³-hybridized carbons (Fsp3) is 0.200. The number of amides is 2. The maximum Gasteiger partial charge on any atom is 0.255 e. The van der Waals surface area contributed by atoms with Crippen molar-refractivity contribution in [1.29, 1.82) is 0 Å². The Balaban J connectivity index is 1.33. The van der Waals surface area contributed by atoms with E-state index in [0.29, 0.717) is 53.0 Å². The molecule has 0 bridgehead atoms. The van der Waals surface area contributed by atoms with Crippen LogP contribution in [-0.4, -0.2) is 48.6 Å². The van der Waals surface area contributed by atoms with E-state index in [0.717, 1.165) is 11.4 Å². The molecule has 2 aromatic carbocycles. The number of benzene rings is 2. The highest BCUT2D eigenvalue weighted by molar-refractivity contribution is 6.07. The molecule has 1 aliphatic heterocycles. The van der Waals surface area contributed by atoms with E-state index in [-0.39, 0.29) is 18.4 Å². The maximum absolute atomic E-state index is 12.1. The quantitative estimate of drug-likeness (QED) is 0.434. The minimum absolute atomic E-state index is 0.0776. The minimum Gasteiger partial charge on any atom is -0.460 e. The van der Waals surface area contributed by atoms with E-state index in [1.165, 1.54) is 0 Å². The number of aromatic nitrogens is 2. The molecule has 2 aromatic heterocycles. The van der Waals surface area contributed by atoms with E-state index in [9.17, 15) is 9.59 Å². The minimum atomic E-state index is -0.205. The van der Waals surface area contributed by atoms with Gasteiger partial charge in [-0.2, -0.15) is 4.98 Å². The first-order valence-electron chi connectivity index (χ1n) is 11.0. The molecule has 2 amide bonds. The van der Waals surface area contributed by atoms with Crippen LogP contribution in [0.3, 0.4) is 0 Å².